The lowest BCUT2D eigenvalue weighted by Crippen LogP contribution is -2.04. The molecule has 0 saturated heterocycles. The number of nitrogens with zero attached hydrogens (tertiary/aromatic N) is 2. The fourth-order valence-corrected chi connectivity index (χ4v) is 2.49. The highest BCUT2D eigenvalue weighted by Gasteiger charge is 2.11. The maximum absolute atomic E-state index is 13.7. The van der Waals surface area contributed by atoms with Crippen molar-refractivity contribution in [1.82, 2.24) is 9.55 Å². The van der Waals surface area contributed by atoms with Crippen LogP contribution >= 0.6 is 0 Å². The van der Waals surface area contributed by atoms with Gasteiger partial charge < -0.3 is 10.3 Å². The zero-order valence-corrected chi connectivity index (χ0v) is 12.2. The van der Waals surface area contributed by atoms with Gasteiger partial charge in [0.25, 0.3) is 0 Å². The second-order valence-corrected chi connectivity index (χ2v) is 5.56. The molecule has 3 aromatic rings. The van der Waals surface area contributed by atoms with Crippen molar-refractivity contribution in [3.05, 3.63) is 59.4 Å². The molecule has 3 rings (SSSR count). The smallest absolute Gasteiger partial charge is 0.201 e. The number of imidazole rings is 1. The van der Waals surface area contributed by atoms with Crippen LogP contribution in [0.2, 0.25) is 0 Å². The summed E-state index contributed by atoms with van der Waals surface area (Å²) >= 11 is 0. The van der Waals surface area contributed by atoms with E-state index in [1.165, 1.54) is 11.6 Å². The van der Waals surface area contributed by atoms with Gasteiger partial charge in [-0.3, -0.25) is 0 Å². The number of hydrogen-bond acceptors (Lipinski definition) is 2. The summed E-state index contributed by atoms with van der Waals surface area (Å²) in [6.45, 7) is 4.92. The van der Waals surface area contributed by atoms with Crippen LogP contribution in [0.15, 0.2) is 42.5 Å². The van der Waals surface area contributed by atoms with E-state index in [1.54, 1.807) is 6.07 Å². The van der Waals surface area contributed by atoms with E-state index < -0.39 is 0 Å². The summed E-state index contributed by atoms with van der Waals surface area (Å²) in [6, 6.07) is 13.3. The minimum absolute atomic E-state index is 0.328. The van der Waals surface area contributed by atoms with Crippen molar-refractivity contribution < 1.29 is 4.39 Å². The molecule has 0 unspecified atom stereocenters. The molecular weight excluding hydrogens is 265 g/mol. The Morgan fingerprint density at radius 2 is 1.86 bits per heavy atom. The molecule has 0 atom stereocenters. The molecule has 4 heteroatoms. The van der Waals surface area contributed by atoms with Gasteiger partial charge in [-0.1, -0.05) is 44.2 Å². The maximum atomic E-state index is 13.7. The number of anilines is 1. The molecule has 3 nitrogen and oxygen atoms in total. The fraction of sp³-hybridized carbons (Fsp3) is 0.235. The van der Waals surface area contributed by atoms with Crippen LogP contribution < -0.4 is 5.73 Å². The summed E-state index contributed by atoms with van der Waals surface area (Å²) in [7, 11) is 0. The number of benzene rings is 2. The number of nitrogens with two attached hydrogens (primary N) is 1. The van der Waals surface area contributed by atoms with E-state index in [0.717, 1.165) is 11.1 Å². The first-order valence-electron chi connectivity index (χ1n) is 7.05. The van der Waals surface area contributed by atoms with Gasteiger partial charge in [0.2, 0.25) is 5.95 Å². The summed E-state index contributed by atoms with van der Waals surface area (Å²) in [4.78, 5) is 4.12. The third-order valence-electron chi connectivity index (χ3n) is 3.75. The number of aromatic nitrogens is 2. The number of hydrogen-bond donors (Lipinski definition) is 1. The standard InChI is InChI=1S/C17H18FN3/c1-11(2)13-8-6-12(7-9-13)10-21-15-5-3-4-14(18)16(15)20-17(21)19/h3-9,11H,10H2,1-2H3,(H2,19,20). The second-order valence-electron chi connectivity index (χ2n) is 5.56. The van der Waals surface area contributed by atoms with Gasteiger partial charge in [-0.25, -0.2) is 9.37 Å². The van der Waals surface area contributed by atoms with Gasteiger partial charge >= 0.3 is 0 Å². The Kier molecular flexibility index (Phi) is 3.37. The Morgan fingerprint density at radius 1 is 1.14 bits per heavy atom. The first-order valence-corrected chi connectivity index (χ1v) is 7.05. The van der Waals surface area contributed by atoms with Crippen LogP contribution in [0.1, 0.15) is 30.9 Å². The van der Waals surface area contributed by atoms with Crippen molar-refractivity contribution in [3.8, 4) is 0 Å². The Morgan fingerprint density at radius 3 is 2.52 bits per heavy atom. The number of para-hydroxylation sites is 1. The Bertz CT molecular complexity index is 773. The number of nitrogen functional groups attached to an aromatic ring is 1. The Balaban J connectivity index is 1.98. The summed E-state index contributed by atoms with van der Waals surface area (Å²) in [5.41, 5.74) is 9.40. The normalized spacial score (nSPS) is 11.4. The quantitative estimate of drug-likeness (QED) is 0.791. The summed E-state index contributed by atoms with van der Waals surface area (Å²) in [5.74, 6) is 0.503. The van der Waals surface area contributed by atoms with Gasteiger partial charge in [-0.2, -0.15) is 0 Å². The van der Waals surface area contributed by atoms with E-state index in [4.69, 9.17) is 5.73 Å². The molecule has 2 N–H and O–H groups in total. The van der Waals surface area contributed by atoms with Crippen molar-refractivity contribution in [2.24, 2.45) is 0 Å². The van der Waals surface area contributed by atoms with E-state index in [-0.39, 0.29) is 5.82 Å². The highest BCUT2D eigenvalue weighted by Crippen LogP contribution is 2.22. The van der Waals surface area contributed by atoms with E-state index >= 15 is 0 Å². The van der Waals surface area contributed by atoms with Crippen LogP contribution in [0.5, 0.6) is 0 Å². The third kappa shape index (κ3) is 2.49. The molecule has 0 radical (unpaired) electrons. The lowest BCUT2D eigenvalue weighted by Gasteiger charge is -2.09. The van der Waals surface area contributed by atoms with E-state index in [2.05, 4.69) is 43.1 Å². The van der Waals surface area contributed by atoms with Crippen LogP contribution in [0.25, 0.3) is 11.0 Å². The van der Waals surface area contributed by atoms with Gasteiger partial charge in [-0.05, 0) is 29.2 Å². The lowest BCUT2D eigenvalue weighted by atomic mass is 10.0. The molecule has 2 aromatic carbocycles. The molecule has 108 valence electrons. The average Bonchev–Trinajstić information content (AvgIpc) is 2.78. The highest BCUT2D eigenvalue weighted by atomic mass is 19.1. The van der Waals surface area contributed by atoms with Crippen molar-refractivity contribution in [2.75, 3.05) is 5.73 Å². The minimum atomic E-state index is -0.340. The lowest BCUT2D eigenvalue weighted by molar-refractivity contribution is 0.637. The summed E-state index contributed by atoms with van der Waals surface area (Å²) in [6.07, 6.45) is 0. The third-order valence-corrected chi connectivity index (χ3v) is 3.75. The number of fused-ring (bicyclic) bond motifs is 1. The second kappa shape index (κ2) is 5.20. The average molecular weight is 283 g/mol. The molecule has 0 fully saturated rings. The molecule has 0 aliphatic heterocycles. The van der Waals surface area contributed by atoms with Crippen LogP contribution in [0.3, 0.4) is 0 Å². The molecule has 0 bridgehead atoms. The molecule has 1 aromatic heterocycles. The highest BCUT2D eigenvalue weighted by molar-refractivity contribution is 5.79. The molecule has 0 spiro atoms. The molecule has 0 amide bonds. The summed E-state index contributed by atoms with van der Waals surface area (Å²) < 4.78 is 15.6. The molecule has 0 aliphatic carbocycles. The zero-order chi connectivity index (χ0) is 15.0. The number of halogens is 1. The van der Waals surface area contributed by atoms with E-state index in [9.17, 15) is 4.39 Å². The molecule has 0 saturated carbocycles. The van der Waals surface area contributed by atoms with Gasteiger partial charge in [-0.15, -0.1) is 0 Å². The van der Waals surface area contributed by atoms with Crippen LogP contribution in [-0.4, -0.2) is 9.55 Å². The predicted octanol–water partition coefficient (Wildman–Crippen LogP) is 3.93. The predicted molar refractivity (Wildman–Crippen MR) is 83.7 cm³/mol. The number of rotatable bonds is 3. The summed E-state index contributed by atoms with van der Waals surface area (Å²) in [5, 5.41) is 0. The van der Waals surface area contributed by atoms with Crippen molar-refractivity contribution in [1.29, 1.82) is 0 Å². The van der Waals surface area contributed by atoms with Crippen molar-refractivity contribution in [3.63, 3.8) is 0 Å². The Labute approximate surface area is 123 Å². The topological polar surface area (TPSA) is 43.8 Å². The first kappa shape index (κ1) is 13.6. The van der Waals surface area contributed by atoms with Crippen molar-refractivity contribution >= 4 is 17.0 Å². The molecule has 21 heavy (non-hydrogen) atoms. The van der Waals surface area contributed by atoms with Crippen molar-refractivity contribution in [2.45, 2.75) is 26.3 Å². The fourth-order valence-electron chi connectivity index (χ4n) is 2.49. The van der Waals surface area contributed by atoms with Gasteiger partial charge in [0.1, 0.15) is 5.52 Å². The van der Waals surface area contributed by atoms with Gasteiger partial charge in [0.05, 0.1) is 12.1 Å². The van der Waals surface area contributed by atoms with E-state index in [1.807, 2.05) is 10.6 Å². The monoisotopic (exact) mass is 283 g/mol. The largest absolute Gasteiger partial charge is 0.369 e. The zero-order valence-electron chi connectivity index (χ0n) is 12.2. The van der Waals surface area contributed by atoms with Crippen LogP contribution in [0, 0.1) is 5.82 Å². The minimum Gasteiger partial charge on any atom is -0.369 e. The maximum Gasteiger partial charge on any atom is 0.201 e. The molecule has 0 aliphatic rings. The SMILES string of the molecule is CC(C)c1ccc(Cn2c(N)nc3c(F)cccc32)cc1. The molecule has 1 heterocycles. The van der Waals surface area contributed by atoms with Crippen LogP contribution in [-0.2, 0) is 6.54 Å². The van der Waals surface area contributed by atoms with Crippen LogP contribution in [0.4, 0.5) is 10.3 Å². The Hall–Kier alpha value is -2.36. The van der Waals surface area contributed by atoms with Gasteiger partial charge in [0.15, 0.2) is 5.82 Å². The van der Waals surface area contributed by atoms with Gasteiger partial charge in [0, 0.05) is 0 Å². The first-order chi connectivity index (χ1) is 10.1. The van der Waals surface area contributed by atoms with E-state index in [0.29, 0.717) is 23.9 Å². The molecular formula is C17H18FN3.